The lowest BCUT2D eigenvalue weighted by atomic mass is 10.0. The van der Waals surface area contributed by atoms with Gasteiger partial charge >= 0.3 is 0 Å². The van der Waals surface area contributed by atoms with E-state index in [0.717, 1.165) is 5.56 Å². The highest BCUT2D eigenvalue weighted by Crippen LogP contribution is 2.34. The van der Waals surface area contributed by atoms with Crippen molar-refractivity contribution in [3.63, 3.8) is 0 Å². The van der Waals surface area contributed by atoms with E-state index in [-0.39, 0.29) is 17.8 Å². The number of H-pyrrole nitrogens is 1. The van der Waals surface area contributed by atoms with Crippen molar-refractivity contribution in [2.24, 2.45) is 0 Å². The number of nitrogens with one attached hydrogen (secondary N) is 2. The number of carbonyl (C=O) groups excluding carboxylic acids is 1. The summed E-state index contributed by atoms with van der Waals surface area (Å²) in [5.41, 5.74) is 0.520. The standard InChI is InChI=1S/C23H19Cl3N4O3/c1-23(2,11-31)28-22(33)16-10-15-19(12-3-5-13(24)6-4-12)30(29-20(15)27-21(16)32)18-8-7-14(25)9-17(18)26/h3-10,31H,11H2,1-2H3,(H,28,33)(H,27,29,32). The Bertz CT molecular complexity index is 1430. The fourth-order valence-corrected chi connectivity index (χ4v) is 3.95. The Morgan fingerprint density at radius 2 is 1.76 bits per heavy atom. The zero-order valence-electron chi connectivity index (χ0n) is 17.6. The minimum absolute atomic E-state index is 0.110. The van der Waals surface area contributed by atoms with E-state index >= 15 is 0 Å². The highest BCUT2D eigenvalue weighted by atomic mass is 35.5. The van der Waals surface area contributed by atoms with Crippen LogP contribution in [0.1, 0.15) is 24.2 Å². The largest absolute Gasteiger partial charge is 0.394 e. The van der Waals surface area contributed by atoms with Crippen molar-refractivity contribution in [2.75, 3.05) is 6.61 Å². The van der Waals surface area contributed by atoms with Gasteiger partial charge in [-0.25, -0.2) is 4.68 Å². The van der Waals surface area contributed by atoms with Crippen molar-refractivity contribution < 1.29 is 9.90 Å². The molecule has 0 unspecified atom stereocenters. The molecule has 0 saturated carbocycles. The molecule has 0 spiro atoms. The minimum Gasteiger partial charge on any atom is -0.394 e. The van der Waals surface area contributed by atoms with Crippen LogP contribution in [-0.4, -0.2) is 37.9 Å². The van der Waals surface area contributed by atoms with Gasteiger partial charge in [0.15, 0.2) is 5.65 Å². The summed E-state index contributed by atoms with van der Waals surface area (Å²) in [7, 11) is 0. The van der Waals surface area contributed by atoms with Crippen LogP contribution in [0, 0.1) is 0 Å². The summed E-state index contributed by atoms with van der Waals surface area (Å²) in [4.78, 5) is 28.2. The summed E-state index contributed by atoms with van der Waals surface area (Å²) in [5.74, 6) is -0.614. The lowest BCUT2D eigenvalue weighted by Crippen LogP contribution is -2.47. The van der Waals surface area contributed by atoms with Crippen LogP contribution in [0.3, 0.4) is 0 Å². The number of aromatic nitrogens is 3. The second-order valence-electron chi connectivity index (χ2n) is 8.13. The Hall–Kier alpha value is -2.84. The van der Waals surface area contributed by atoms with Crippen molar-refractivity contribution in [1.29, 1.82) is 0 Å². The zero-order chi connectivity index (χ0) is 23.9. The highest BCUT2D eigenvalue weighted by molar-refractivity contribution is 6.35. The number of aliphatic hydroxyl groups excluding tert-OH is 1. The van der Waals surface area contributed by atoms with Gasteiger partial charge in [0.2, 0.25) is 0 Å². The molecule has 7 nitrogen and oxygen atoms in total. The molecule has 1 amide bonds. The number of carbonyl (C=O) groups is 1. The molecule has 0 aliphatic carbocycles. The van der Waals surface area contributed by atoms with E-state index in [4.69, 9.17) is 34.8 Å². The fourth-order valence-electron chi connectivity index (χ4n) is 3.34. The molecule has 2 aromatic heterocycles. The SMILES string of the molecule is CC(C)(CO)NC(=O)c1cc2c(-c3ccc(Cl)cc3)n(-c3ccc(Cl)cc3Cl)nc2[nH]c1=O. The number of benzene rings is 2. The smallest absolute Gasteiger partial charge is 0.262 e. The lowest BCUT2D eigenvalue weighted by molar-refractivity contribution is 0.0868. The molecule has 0 aliphatic rings. The van der Waals surface area contributed by atoms with Crippen LogP contribution in [0.25, 0.3) is 28.0 Å². The van der Waals surface area contributed by atoms with Crippen molar-refractivity contribution in [3.05, 3.63) is 79.5 Å². The Morgan fingerprint density at radius 3 is 2.39 bits per heavy atom. The van der Waals surface area contributed by atoms with E-state index in [1.54, 1.807) is 61.0 Å². The Kier molecular flexibility index (Phi) is 6.24. The van der Waals surface area contributed by atoms with Crippen LogP contribution in [0.4, 0.5) is 0 Å². The molecule has 4 rings (SSSR count). The van der Waals surface area contributed by atoms with Crippen molar-refractivity contribution in [3.8, 4) is 16.9 Å². The maximum absolute atomic E-state index is 12.8. The van der Waals surface area contributed by atoms with Gasteiger partial charge < -0.3 is 15.4 Å². The van der Waals surface area contributed by atoms with Gasteiger partial charge in [-0.15, -0.1) is 5.10 Å². The Morgan fingerprint density at radius 1 is 1.09 bits per heavy atom. The molecule has 33 heavy (non-hydrogen) atoms. The first-order valence-corrected chi connectivity index (χ1v) is 11.0. The average Bonchev–Trinajstić information content (AvgIpc) is 3.11. The summed E-state index contributed by atoms with van der Waals surface area (Å²) in [5, 5.41) is 18.6. The zero-order valence-corrected chi connectivity index (χ0v) is 19.9. The van der Waals surface area contributed by atoms with Crippen molar-refractivity contribution >= 4 is 51.7 Å². The topological polar surface area (TPSA) is 100 Å². The first kappa shape index (κ1) is 23.3. The molecule has 0 aliphatic heterocycles. The van der Waals surface area contributed by atoms with Crippen LogP contribution in [0.2, 0.25) is 15.1 Å². The van der Waals surface area contributed by atoms with Crippen LogP contribution < -0.4 is 10.9 Å². The van der Waals surface area contributed by atoms with Gasteiger partial charge in [0, 0.05) is 21.0 Å². The van der Waals surface area contributed by atoms with Gasteiger partial charge in [0.1, 0.15) is 5.56 Å². The Labute approximate surface area is 203 Å². The van der Waals surface area contributed by atoms with Crippen molar-refractivity contribution in [1.82, 2.24) is 20.1 Å². The number of rotatable bonds is 5. The molecular formula is C23H19Cl3N4O3. The predicted molar refractivity (Wildman–Crippen MR) is 131 cm³/mol. The molecule has 3 N–H and O–H groups in total. The van der Waals surface area contributed by atoms with Crippen LogP contribution >= 0.6 is 34.8 Å². The monoisotopic (exact) mass is 504 g/mol. The molecule has 2 aromatic carbocycles. The number of nitrogens with zero attached hydrogens (tertiary/aromatic N) is 2. The highest BCUT2D eigenvalue weighted by Gasteiger charge is 2.24. The molecule has 0 atom stereocenters. The molecule has 10 heteroatoms. The number of halogens is 3. The van der Waals surface area contributed by atoms with E-state index in [0.29, 0.717) is 31.8 Å². The van der Waals surface area contributed by atoms with E-state index in [1.165, 1.54) is 6.07 Å². The number of hydrogen-bond donors (Lipinski definition) is 3. The van der Waals surface area contributed by atoms with E-state index in [2.05, 4.69) is 15.4 Å². The molecule has 2 heterocycles. The summed E-state index contributed by atoms with van der Waals surface area (Å²) < 4.78 is 1.59. The minimum atomic E-state index is -0.904. The quantitative estimate of drug-likeness (QED) is 0.361. The van der Waals surface area contributed by atoms with Gasteiger partial charge in [-0.3, -0.25) is 9.59 Å². The van der Waals surface area contributed by atoms with Crippen molar-refractivity contribution in [2.45, 2.75) is 19.4 Å². The molecule has 4 aromatic rings. The average molecular weight is 506 g/mol. The number of hydrogen-bond acceptors (Lipinski definition) is 4. The lowest BCUT2D eigenvalue weighted by Gasteiger charge is -2.23. The summed E-state index contributed by atoms with van der Waals surface area (Å²) in [6.07, 6.45) is 0. The summed E-state index contributed by atoms with van der Waals surface area (Å²) >= 11 is 18.6. The Balaban J connectivity index is 1.99. The van der Waals surface area contributed by atoms with Gasteiger partial charge in [-0.1, -0.05) is 46.9 Å². The molecular weight excluding hydrogens is 487 g/mol. The molecule has 0 bridgehead atoms. The molecule has 0 saturated heterocycles. The van der Waals surface area contributed by atoms with E-state index in [1.807, 2.05) is 0 Å². The van der Waals surface area contributed by atoms with Crippen LogP contribution in [-0.2, 0) is 0 Å². The fraction of sp³-hybridized carbons (Fsp3) is 0.174. The molecule has 0 fully saturated rings. The summed E-state index contributed by atoms with van der Waals surface area (Å²) in [6.45, 7) is 3.01. The van der Waals surface area contributed by atoms with Gasteiger partial charge in [0.25, 0.3) is 11.5 Å². The number of fused-ring (bicyclic) bond motifs is 1. The molecule has 170 valence electrons. The third kappa shape index (κ3) is 4.63. The third-order valence-corrected chi connectivity index (χ3v) is 5.82. The summed E-state index contributed by atoms with van der Waals surface area (Å²) in [6, 6.07) is 13.5. The first-order valence-electron chi connectivity index (χ1n) is 9.90. The third-order valence-electron chi connectivity index (χ3n) is 5.03. The first-order chi connectivity index (χ1) is 15.6. The normalized spacial score (nSPS) is 11.7. The maximum atomic E-state index is 12.8. The van der Waals surface area contributed by atoms with E-state index < -0.39 is 17.0 Å². The van der Waals surface area contributed by atoms with Gasteiger partial charge in [0.05, 0.1) is 28.5 Å². The number of aromatic amines is 1. The number of aliphatic hydroxyl groups is 1. The number of pyridine rings is 1. The molecule has 0 radical (unpaired) electrons. The maximum Gasteiger partial charge on any atom is 0.262 e. The second-order valence-corrected chi connectivity index (χ2v) is 9.41. The number of amides is 1. The van der Waals surface area contributed by atoms with E-state index in [9.17, 15) is 14.7 Å². The van der Waals surface area contributed by atoms with Crippen LogP contribution in [0.15, 0.2) is 53.3 Å². The van der Waals surface area contributed by atoms with Gasteiger partial charge in [-0.05, 0) is 50.2 Å². The second kappa shape index (κ2) is 8.83. The van der Waals surface area contributed by atoms with Crippen LogP contribution in [0.5, 0.6) is 0 Å². The van der Waals surface area contributed by atoms with Gasteiger partial charge in [-0.2, -0.15) is 0 Å². The predicted octanol–water partition coefficient (Wildman–Crippen LogP) is 4.84.